The molecule has 8 heteroatoms. The summed E-state index contributed by atoms with van der Waals surface area (Å²) in [5, 5.41) is 9.34. The van der Waals surface area contributed by atoms with Crippen LogP contribution in [0.3, 0.4) is 0 Å². The van der Waals surface area contributed by atoms with E-state index in [4.69, 9.17) is 9.26 Å². The van der Waals surface area contributed by atoms with Crippen molar-refractivity contribution in [2.75, 3.05) is 13.2 Å². The van der Waals surface area contributed by atoms with Gasteiger partial charge in [-0.3, -0.25) is 9.59 Å². The average Bonchev–Trinajstić information content (AvgIpc) is 3.10. The van der Waals surface area contributed by atoms with Gasteiger partial charge in [-0.25, -0.2) is 0 Å². The third kappa shape index (κ3) is 5.12. The lowest BCUT2D eigenvalue weighted by Gasteiger charge is -2.18. The third-order valence-electron chi connectivity index (χ3n) is 3.88. The van der Waals surface area contributed by atoms with Gasteiger partial charge in [0, 0.05) is 18.9 Å². The number of hydrogen-bond acceptors (Lipinski definition) is 6. The average molecular weight is 344 g/mol. The molecular formula is C17H20N4O4. The number of carbonyl (C=O) groups is 2. The molecule has 1 aliphatic heterocycles. The number of benzene rings is 1. The Morgan fingerprint density at radius 3 is 3.00 bits per heavy atom. The van der Waals surface area contributed by atoms with E-state index >= 15 is 0 Å². The van der Waals surface area contributed by atoms with Crippen LogP contribution < -0.4 is 10.6 Å². The lowest BCUT2D eigenvalue weighted by atomic mass is 9.97. The van der Waals surface area contributed by atoms with Crippen LogP contribution >= 0.6 is 0 Å². The van der Waals surface area contributed by atoms with E-state index in [-0.39, 0.29) is 30.9 Å². The summed E-state index contributed by atoms with van der Waals surface area (Å²) in [7, 11) is 0. The Bertz CT molecular complexity index is 716. The number of rotatable bonds is 7. The molecule has 0 spiro atoms. The Morgan fingerprint density at radius 2 is 2.20 bits per heavy atom. The van der Waals surface area contributed by atoms with Crippen molar-refractivity contribution in [1.29, 1.82) is 0 Å². The molecule has 2 amide bonds. The number of amides is 2. The van der Waals surface area contributed by atoms with Crippen LogP contribution in [-0.2, 0) is 27.5 Å². The Balaban J connectivity index is 1.39. The molecule has 1 atom stereocenters. The number of ether oxygens (including phenoxy) is 1. The first-order valence-electron chi connectivity index (χ1n) is 8.18. The fourth-order valence-electron chi connectivity index (χ4n) is 2.57. The second-order valence-electron chi connectivity index (χ2n) is 5.84. The van der Waals surface area contributed by atoms with Crippen molar-refractivity contribution in [3.63, 3.8) is 0 Å². The zero-order valence-electron chi connectivity index (χ0n) is 13.7. The molecule has 0 radical (unpaired) electrons. The van der Waals surface area contributed by atoms with Crippen molar-refractivity contribution in [2.45, 2.75) is 31.9 Å². The summed E-state index contributed by atoms with van der Waals surface area (Å²) in [5.74, 6) is 0.534. The lowest BCUT2D eigenvalue weighted by Crippen LogP contribution is -2.33. The molecule has 1 aliphatic rings. The maximum atomic E-state index is 11.8. The van der Waals surface area contributed by atoms with Gasteiger partial charge in [-0.15, -0.1) is 0 Å². The Hall–Kier alpha value is -2.74. The number of nitrogens with one attached hydrogen (secondary N) is 2. The molecule has 1 aromatic heterocycles. The van der Waals surface area contributed by atoms with Gasteiger partial charge in [0.2, 0.25) is 17.7 Å². The van der Waals surface area contributed by atoms with Crippen molar-refractivity contribution >= 4 is 11.8 Å². The minimum Gasteiger partial charge on any atom is -0.367 e. The molecule has 25 heavy (non-hydrogen) atoms. The maximum Gasteiger partial charge on any atom is 0.246 e. The Kier molecular flexibility index (Phi) is 5.73. The van der Waals surface area contributed by atoms with Gasteiger partial charge < -0.3 is 19.9 Å². The molecular weight excluding hydrogens is 324 g/mol. The van der Waals surface area contributed by atoms with E-state index in [1.54, 1.807) is 0 Å². The molecule has 0 aliphatic carbocycles. The second-order valence-corrected chi connectivity index (χ2v) is 5.84. The molecule has 0 saturated carbocycles. The summed E-state index contributed by atoms with van der Waals surface area (Å²) in [4.78, 5) is 27.4. The van der Waals surface area contributed by atoms with Crippen molar-refractivity contribution in [3.8, 4) is 0 Å². The van der Waals surface area contributed by atoms with Crippen LogP contribution in [0.15, 0.2) is 34.9 Å². The summed E-state index contributed by atoms with van der Waals surface area (Å²) in [6, 6.07) is 9.63. The maximum absolute atomic E-state index is 11.8. The lowest BCUT2D eigenvalue weighted by molar-refractivity contribution is -0.126. The molecule has 2 heterocycles. The molecule has 1 saturated heterocycles. The summed E-state index contributed by atoms with van der Waals surface area (Å²) in [6.45, 7) is 1.09. The number of hydrogen-bond donors (Lipinski definition) is 2. The molecule has 8 nitrogen and oxygen atoms in total. The zero-order valence-corrected chi connectivity index (χ0v) is 13.7. The molecule has 3 rings (SSSR count). The van der Waals surface area contributed by atoms with Gasteiger partial charge in [0.1, 0.15) is 6.61 Å². The minimum atomic E-state index is -0.257. The van der Waals surface area contributed by atoms with E-state index in [0.717, 1.165) is 12.0 Å². The van der Waals surface area contributed by atoms with Gasteiger partial charge in [-0.05, 0) is 12.0 Å². The van der Waals surface area contributed by atoms with Crippen LogP contribution in [-0.4, -0.2) is 35.1 Å². The highest BCUT2D eigenvalue weighted by molar-refractivity contribution is 5.77. The van der Waals surface area contributed by atoms with Crippen molar-refractivity contribution in [2.24, 2.45) is 0 Å². The number of aromatic nitrogens is 2. The summed E-state index contributed by atoms with van der Waals surface area (Å²) < 4.78 is 10.5. The Morgan fingerprint density at radius 1 is 1.36 bits per heavy atom. The van der Waals surface area contributed by atoms with Gasteiger partial charge in [0.25, 0.3) is 0 Å². The predicted octanol–water partition coefficient (Wildman–Crippen LogP) is 0.896. The van der Waals surface area contributed by atoms with Crippen LogP contribution in [0.5, 0.6) is 0 Å². The fourth-order valence-corrected chi connectivity index (χ4v) is 2.57. The SMILES string of the molecule is O=C(COCc1ccccc1)NCc1nc(C2CCNC(=O)C2)no1. The minimum absolute atomic E-state index is 0.00790. The van der Waals surface area contributed by atoms with Crippen LogP contribution in [0.2, 0.25) is 0 Å². The Labute approximate surface area is 144 Å². The van der Waals surface area contributed by atoms with Crippen LogP contribution in [0.4, 0.5) is 0 Å². The first-order valence-corrected chi connectivity index (χ1v) is 8.18. The number of piperidine rings is 1. The van der Waals surface area contributed by atoms with Gasteiger partial charge in [0.05, 0.1) is 13.2 Å². The summed E-state index contributed by atoms with van der Waals surface area (Å²) in [5.41, 5.74) is 1.01. The summed E-state index contributed by atoms with van der Waals surface area (Å²) >= 11 is 0. The standard InChI is InChI=1S/C17H20N4O4/c22-14-8-13(6-7-18-14)17-20-16(25-21-17)9-19-15(23)11-24-10-12-4-2-1-3-5-12/h1-5,13H,6-11H2,(H,18,22)(H,19,23). The fraction of sp³-hybridized carbons (Fsp3) is 0.412. The molecule has 0 bridgehead atoms. The quantitative estimate of drug-likeness (QED) is 0.773. The summed E-state index contributed by atoms with van der Waals surface area (Å²) in [6.07, 6.45) is 1.14. The molecule has 132 valence electrons. The number of carbonyl (C=O) groups excluding carboxylic acids is 2. The topological polar surface area (TPSA) is 106 Å². The molecule has 1 unspecified atom stereocenters. The smallest absolute Gasteiger partial charge is 0.246 e. The van der Waals surface area contributed by atoms with E-state index in [2.05, 4.69) is 20.8 Å². The van der Waals surface area contributed by atoms with Gasteiger partial charge in [0.15, 0.2) is 5.82 Å². The highest BCUT2D eigenvalue weighted by Crippen LogP contribution is 2.22. The first kappa shape index (κ1) is 17.1. The molecule has 1 aromatic carbocycles. The molecule has 2 N–H and O–H groups in total. The van der Waals surface area contributed by atoms with E-state index in [1.807, 2.05) is 30.3 Å². The number of nitrogens with zero attached hydrogens (tertiary/aromatic N) is 2. The van der Waals surface area contributed by atoms with Crippen molar-refractivity contribution in [3.05, 3.63) is 47.6 Å². The van der Waals surface area contributed by atoms with Crippen molar-refractivity contribution in [1.82, 2.24) is 20.8 Å². The van der Waals surface area contributed by atoms with E-state index in [0.29, 0.717) is 31.3 Å². The predicted molar refractivity (Wildman–Crippen MR) is 87.2 cm³/mol. The molecule has 2 aromatic rings. The first-order chi connectivity index (χ1) is 12.2. The second kappa shape index (κ2) is 8.39. The van der Waals surface area contributed by atoms with E-state index in [1.165, 1.54) is 0 Å². The van der Waals surface area contributed by atoms with Crippen LogP contribution in [0.1, 0.15) is 36.0 Å². The normalized spacial score (nSPS) is 17.1. The van der Waals surface area contributed by atoms with Gasteiger partial charge in [-0.2, -0.15) is 4.98 Å². The van der Waals surface area contributed by atoms with Gasteiger partial charge in [-0.1, -0.05) is 35.5 Å². The zero-order chi connectivity index (χ0) is 17.5. The highest BCUT2D eigenvalue weighted by Gasteiger charge is 2.25. The van der Waals surface area contributed by atoms with Crippen LogP contribution in [0.25, 0.3) is 0 Å². The van der Waals surface area contributed by atoms with Crippen LogP contribution in [0, 0.1) is 0 Å². The van der Waals surface area contributed by atoms with Gasteiger partial charge >= 0.3 is 0 Å². The van der Waals surface area contributed by atoms with E-state index < -0.39 is 0 Å². The molecule has 1 fully saturated rings. The van der Waals surface area contributed by atoms with Crippen molar-refractivity contribution < 1.29 is 18.8 Å². The van der Waals surface area contributed by atoms with E-state index in [9.17, 15) is 9.59 Å². The highest BCUT2D eigenvalue weighted by atomic mass is 16.5. The largest absolute Gasteiger partial charge is 0.367 e. The monoisotopic (exact) mass is 344 g/mol. The third-order valence-corrected chi connectivity index (χ3v) is 3.88.